The topological polar surface area (TPSA) is 44.8 Å². The summed E-state index contributed by atoms with van der Waals surface area (Å²) in [6.07, 6.45) is 10.9. The minimum Gasteiger partial charge on any atom is -0.496 e. The van der Waals surface area contributed by atoms with Crippen molar-refractivity contribution < 1.29 is 19.0 Å². The summed E-state index contributed by atoms with van der Waals surface area (Å²) < 4.78 is 17.6. The largest absolute Gasteiger partial charge is 0.496 e. The molecule has 0 N–H and O–H groups in total. The van der Waals surface area contributed by atoms with Crippen LogP contribution in [0, 0.1) is 21.3 Å². The fraction of sp³-hybridized carbons (Fsp3) is 0.483. The van der Waals surface area contributed by atoms with Gasteiger partial charge in [-0.2, -0.15) is 0 Å². The standard InChI is InChI=1S/C29H33IO4/c1-18(17-34-27-13-23(28(31)33-3)5-6-25(27)30)8-19-4-7-26(32-2)24(12-19)29-14-20-9-21(15-29)11-22(10-20)16-29/h4-7,12-13,17,20-22H,8-11,14-16H2,1-3H3. The van der Waals surface area contributed by atoms with E-state index in [-0.39, 0.29) is 5.97 Å². The molecule has 0 aromatic heterocycles. The second kappa shape index (κ2) is 9.56. The molecule has 0 saturated heterocycles. The monoisotopic (exact) mass is 572 g/mol. The molecule has 6 rings (SSSR count). The normalized spacial score (nSPS) is 27.5. The molecule has 0 aliphatic heterocycles. The Hall–Kier alpha value is -2.02. The number of methoxy groups -OCH3 is 2. The van der Waals surface area contributed by atoms with Crippen molar-refractivity contribution in [2.75, 3.05) is 14.2 Å². The third-order valence-corrected chi connectivity index (χ3v) is 8.99. The van der Waals surface area contributed by atoms with Crippen LogP contribution in [0.4, 0.5) is 0 Å². The van der Waals surface area contributed by atoms with Crippen molar-refractivity contribution in [3.05, 3.63) is 68.5 Å². The van der Waals surface area contributed by atoms with Crippen molar-refractivity contribution in [1.82, 2.24) is 0 Å². The van der Waals surface area contributed by atoms with E-state index >= 15 is 0 Å². The predicted molar refractivity (Wildman–Crippen MR) is 141 cm³/mol. The molecular weight excluding hydrogens is 539 g/mol. The molecule has 4 bridgehead atoms. The Balaban J connectivity index is 1.35. The van der Waals surface area contributed by atoms with Crippen LogP contribution < -0.4 is 9.47 Å². The number of hydrogen-bond acceptors (Lipinski definition) is 4. The third-order valence-electron chi connectivity index (χ3n) is 8.10. The Morgan fingerprint density at radius 3 is 2.29 bits per heavy atom. The molecule has 4 aliphatic carbocycles. The lowest BCUT2D eigenvalue weighted by Gasteiger charge is -2.57. The lowest BCUT2D eigenvalue weighted by molar-refractivity contribution is -0.00618. The molecule has 0 heterocycles. The Kier molecular flexibility index (Phi) is 6.66. The molecule has 0 unspecified atom stereocenters. The molecule has 5 heteroatoms. The Bertz CT molecular complexity index is 1080. The first-order valence-electron chi connectivity index (χ1n) is 12.3. The maximum absolute atomic E-state index is 11.9. The summed E-state index contributed by atoms with van der Waals surface area (Å²) in [5, 5.41) is 0. The molecule has 0 atom stereocenters. The summed E-state index contributed by atoms with van der Waals surface area (Å²) >= 11 is 2.22. The molecular formula is C29H33IO4. The number of allylic oxidation sites excluding steroid dienone is 1. The van der Waals surface area contributed by atoms with Crippen LogP contribution in [0.1, 0.15) is 66.9 Å². The van der Waals surface area contributed by atoms with Crippen LogP contribution in [0.15, 0.2) is 48.2 Å². The molecule has 180 valence electrons. The molecule has 2 aromatic rings. The number of carbonyl (C=O) groups excluding carboxylic acids is 1. The van der Waals surface area contributed by atoms with Gasteiger partial charge in [0.15, 0.2) is 0 Å². The average Bonchev–Trinajstić information content (AvgIpc) is 2.82. The number of hydrogen-bond donors (Lipinski definition) is 0. The van der Waals surface area contributed by atoms with Crippen LogP contribution in [-0.2, 0) is 16.6 Å². The fourth-order valence-electron chi connectivity index (χ4n) is 7.09. The van der Waals surface area contributed by atoms with Gasteiger partial charge in [-0.15, -0.1) is 0 Å². The number of ether oxygens (including phenoxy) is 3. The maximum Gasteiger partial charge on any atom is 0.337 e. The van der Waals surface area contributed by atoms with E-state index in [2.05, 4.69) is 47.7 Å². The third kappa shape index (κ3) is 4.60. The smallest absolute Gasteiger partial charge is 0.337 e. The maximum atomic E-state index is 11.9. The summed E-state index contributed by atoms with van der Waals surface area (Å²) in [6.45, 7) is 2.09. The highest BCUT2D eigenvalue weighted by Crippen LogP contribution is 2.62. The number of carbonyl (C=O) groups is 1. The number of rotatable bonds is 7. The molecule has 0 radical (unpaired) electrons. The molecule has 4 fully saturated rings. The average molecular weight is 572 g/mol. The van der Waals surface area contributed by atoms with Crippen LogP contribution in [0.5, 0.6) is 11.5 Å². The van der Waals surface area contributed by atoms with Crippen molar-refractivity contribution in [1.29, 1.82) is 0 Å². The summed E-state index contributed by atoms with van der Waals surface area (Å²) in [5.41, 5.74) is 4.64. The van der Waals surface area contributed by atoms with Crippen molar-refractivity contribution in [3.8, 4) is 11.5 Å². The second-order valence-electron chi connectivity index (χ2n) is 10.6. The van der Waals surface area contributed by atoms with Gasteiger partial charge in [0.2, 0.25) is 0 Å². The van der Waals surface area contributed by atoms with E-state index in [1.54, 1.807) is 18.4 Å². The minimum absolute atomic E-state index is 0.300. The van der Waals surface area contributed by atoms with Gasteiger partial charge in [0.05, 0.1) is 29.6 Å². The second-order valence-corrected chi connectivity index (χ2v) is 11.8. The van der Waals surface area contributed by atoms with Gasteiger partial charge in [-0.25, -0.2) is 4.79 Å². The van der Waals surface area contributed by atoms with E-state index in [4.69, 9.17) is 14.2 Å². The van der Waals surface area contributed by atoms with Gasteiger partial charge in [-0.05, 0) is 133 Å². The minimum atomic E-state index is -0.364. The zero-order chi connectivity index (χ0) is 23.9. The predicted octanol–water partition coefficient (Wildman–Crippen LogP) is 7.08. The highest BCUT2D eigenvalue weighted by atomic mass is 127. The van der Waals surface area contributed by atoms with Crippen LogP contribution in [0.2, 0.25) is 0 Å². The zero-order valence-electron chi connectivity index (χ0n) is 20.2. The van der Waals surface area contributed by atoms with Crippen molar-refractivity contribution in [2.45, 2.75) is 57.3 Å². The summed E-state index contributed by atoms with van der Waals surface area (Å²) in [7, 11) is 3.19. The quantitative estimate of drug-likeness (QED) is 0.202. The number of esters is 1. The van der Waals surface area contributed by atoms with E-state index in [0.717, 1.165) is 39.1 Å². The molecule has 0 amide bonds. The van der Waals surface area contributed by atoms with Gasteiger partial charge in [0, 0.05) is 5.56 Å². The fourth-order valence-corrected chi connectivity index (χ4v) is 7.55. The van der Waals surface area contributed by atoms with Gasteiger partial charge in [0.25, 0.3) is 0 Å². The molecule has 4 aliphatic rings. The lowest BCUT2D eigenvalue weighted by atomic mass is 9.48. The first-order valence-corrected chi connectivity index (χ1v) is 13.3. The van der Waals surface area contributed by atoms with Crippen molar-refractivity contribution >= 4 is 28.6 Å². The Labute approximate surface area is 216 Å². The van der Waals surface area contributed by atoms with E-state index in [9.17, 15) is 4.79 Å². The lowest BCUT2D eigenvalue weighted by Crippen LogP contribution is -2.48. The number of halogens is 1. The van der Waals surface area contributed by atoms with Crippen LogP contribution in [-0.4, -0.2) is 20.2 Å². The first-order chi connectivity index (χ1) is 16.4. The Morgan fingerprint density at radius 1 is 1.00 bits per heavy atom. The first kappa shape index (κ1) is 23.7. The molecule has 4 saturated carbocycles. The van der Waals surface area contributed by atoms with Crippen LogP contribution in [0.3, 0.4) is 0 Å². The van der Waals surface area contributed by atoms with Gasteiger partial charge < -0.3 is 14.2 Å². The van der Waals surface area contributed by atoms with Crippen molar-refractivity contribution in [3.63, 3.8) is 0 Å². The number of benzene rings is 2. The summed E-state index contributed by atoms with van der Waals surface area (Å²) in [6, 6.07) is 12.1. The Morgan fingerprint density at radius 2 is 1.68 bits per heavy atom. The van der Waals surface area contributed by atoms with Crippen LogP contribution >= 0.6 is 22.6 Å². The molecule has 0 spiro atoms. The van der Waals surface area contributed by atoms with Gasteiger partial charge in [0.1, 0.15) is 11.5 Å². The highest BCUT2D eigenvalue weighted by Gasteiger charge is 2.52. The zero-order valence-corrected chi connectivity index (χ0v) is 22.4. The van der Waals surface area contributed by atoms with Crippen LogP contribution in [0.25, 0.3) is 0 Å². The van der Waals surface area contributed by atoms with E-state index in [1.165, 1.54) is 56.8 Å². The summed E-state index contributed by atoms with van der Waals surface area (Å²) in [4.78, 5) is 11.9. The summed E-state index contributed by atoms with van der Waals surface area (Å²) in [5.74, 6) is 4.05. The van der Waals surface area contributed by atoms with Crippen molar-refractivity contribution in [2.24, 2.45) is 17.8 Å². The molecule has 4 nitrogen and oxygen atoms in total. The van der Waals surface area contributed by atoms with E-state index in [0.29, 0.717) is 16.7 Å². The van der Waals surface area contributed by atoms with Gasteiger partial charge in [-0.1, -0.05) is 12.1 Å². The molecule has 2 aromatic carbocycles. The highest BCUT2D eigenvalue weighted by molar-refractivity contribution is 14.1. The van der Waals surface area contributed by atoms with Gasteiger partial charge in [-0.3, -0.25) is 0 Å². The molecule has 34 heavy (non-hydrogen) atoms. The van der Waals surface area contributed by atoms with Gasteiger partial charge >= 0.3 is 5.97 Å². The van der Waals surface area contributed by atoms with E-state index in [1.807, 2.05) is 13.2 Å². The SMILES string of the molecule is COC(=O)c1ccc(I)c(OC=C(C)Cc2ccc(OC)c(C34CC5CC(CC(C5)C3)C4)c2)c1. The van der Waals surface area contributed by atoms with E-state index < -0.39 is 0 Å².